The van der Waals surface area contributed by atoms with Crippen LogP contribution < -0.4 is 0 Å². The molecule has 7 rings (SSSR count). The highest BCUT2D eigenvalue weighted by atomic mass is 15.0. The molecule has 7 aromatic rings. The third-order valence-electron chi connectivity index (χ3n) is 7.12. The molecule has 0 amide bonds. The molecule has 0 bridgehead atoms. The molecule has 0 fully saturated rings. The molecule has 3 nitrogen and oxygen atoms in total. The van der Waals surface area contributed by atoms with Crippen LogP contribution >= 0.6 is 0 Å². The summed E-state index contributed by atoms with van der Waals surface area (Å²) in [4.78, 5) is 15.1. The van der Waals surface area contributed by atoms with Gasteiger partial charge in [0.1, 0.15) is 0 Å². The second kappa shape index (κ2) is 10.4. The third-order valence-corrected chi connectivity index (χ3v) is 7.12. The molecule has 1 aromatic heterocycles. The molecule has 0 saturated carbocycles. The molecule has 40 heavy (non-hydrogen) atoms. The van der Waals surface area contributed by atoms with Gasteiger partial charge >= 0.3 is 0 Å². The summed E-state index contributed by atoms with van der Waals surface area (Å²) in [7, 11) is 0. The van der Waals surface area contributed by atoms with Crippen LogP contribution in [0.25, 0.3) is 67.2 Å². The van der Waals surface area contributed by atoms with E-state index in [0.717, 1.165) is 49.7 Å². The van der Waals surface area contributed by atoms with Crippen LogP contribution in [0, 0.1) is 0 Å². The molecule has 188 valence electrons. The van der Waals surface area contributed by atoms with Gasteiger partial charge in [-0.2, -0.15) is 0 Å². The number of aromatic nitrogens is 3. The number of hydrogen-bond acceptors (Lipinski definition) is 3. The summed E-state index contributed by atoms with van der Waals surface area (Å²) in [6.07, 6.45) is 0. The third kappa shape index (κ3) is 4.65. The number of fused-ring (bicyclic) bond motifs is 1. The quantitative estimate of drug-likeness (QED) is 0.231. The second-order valence-corrected chi connectivity index (χ2v) is 9.73. The zero-order valence-corrected chi connectivity index (χ0v) is 21.8. The van der Waals surface area contributed by atoms with Gasteiger partial charge in [-0.25, -0.2) is 15.0 Å². The molecule has 0 aliphatic heterocycles. The number of nitrogens with zero attached hydrogens (tertiary/aromatic N) is 3. The highest BCUT2D eigenvalue weighted by molar-refractivity contribution is 5.95. The maximum atomic E-state index is 5.04. The van der Waals surface area contributed by atoms with E-state index in [2.05, 4.69) is 140 Å². The zero-order chi connectivity index (χ0) is 26.7. The van der Waals surface area contributed by atoms with Gasteiger partial charge in [0.15, 0.2) is 17.5 Å². The Bertz CT molecular complexity index is 1840. The Morgan fingerprint density at radius 1 is 0.300 bits per heavy atom. The number of hydrogen-bond donors (Lipinski definition) is 0. The monoisotopic (exact) mass is 511 g/mol. The van der Waals surface area contributed by atoms with Crippen LogP contribution in [0.15, 0.2) is 152 Å². The van der Waals surface area contributed by atoms with Crippen LogP contribution in [-0.2, 0) is 0 Å². The van der Waals surface area contributed by atoms with Gasteiger partial charge in [0.2, 0.25) is 0 Å². The van der Waals surface area contributed by atoms with E-state index in [1.165, 1.54) is 0 Å². The Hall–Kier alpha value is -5.41. The van der Waals surface area contributed by atoms with Gasteiger partial charge in [0.25, 0.3) is 0 Å². The molecule has 0 spiro atoms. The van der Waals surface area contributed by atoms with Crippen molar-refractivity contribution in [1.29, 1.82) is 0 Å². The molecule has 1 heterocycles. The van der Waals surface area contributed by atoms with Gasteiger partial charge in [-0.1, -0.05) is 140 Å². The molecule has 6 aromatic carbocycles. The maximum Gasteiger partial charge on any atom is 0.164 e. The second-order valence-electron chi connectivity index (χ2n) is 9.73. The topological polar surface area (TPSA) is 38.7 Å². The molecular weight excluding hydrogens is 486 g/mol. The van der Waals surface area contributed by atoms with Crippen molar-refractivity contribution in [3.63, 3.8) is 0 Å². The van der Waals surface area contributed by atoms with Crippen LogP contribution in [0.2, 0.25) is 0 Å². The first-order valence-corrected chi connectivity index (χ1v) is 13.4. The molecular formula is C37H25N3. The van der Waals surface area contributed by atoms with Crippen molar-refractivity contribution < 1.29 is 0 Å². The van der Waals surface area contributed by atoms with Crippen molar-refractivity contribution in [1.82, 2.24) is 15.0 Å². The van der Waals surface area contributed by atoms with E-state index in [1.807, 2.05) is 12.1 Å². The fourth-order valence-corrected chi connectivity index (χ4v) is 5.11. The summed E-state index contributed by atoms with van der Waals surface area (Å²) in [5, 5.41) is 2.27. The lowest BCUT2D eigenvalue weighted by Gasteiger charge is -2.12. The minimum atomic E-state index is 0.649. The number of rotatable bonds is 5. The predicted molar refractivity (Wildman–Crippen MR) is 165 cm³/mol. The van der Waals surface area contributed by atoms with E-state index in [4.69, 9.17) is 15.0 Å². The summed E-state index contributed by atoms with van der Waals surface area (Å²) in [5.74, 6) is 1.96. The minimum absolute atomic E-state index is 0.649. The van der Waals surface area contributed by atoms with E-state index >= 15 is 0 Å². The van der Waals surface area contributed by atoms with Gasteiger partial charge in [-0.15, -0.1) is 0 Å². The van der Waals surface area contributed by atoms with Crippen molar-refractivity contribution >= 4 is 10.8 Å². The average molecular weight is 512 g/mol. The lowest BCUT2D eigenvalue weighted by atomic mass is 10.0. The molecule has 3 heteroatoms. The Balaban J connectivity index is 1.42. The van der Waals surface area contributed by atoms with Crippen molar-refractivity contribution in [2.45, 2.75) is 0 Å². The van der Waals surface area contributed by atoms with E-state index in [9.17, 15) is 0 Å². The molecule has 0 N–H and O–H groups in total. The maximum absolute atomic E-state index is 5.04. The Morgan fingerprint density at radius 3 is 1.32 bits per heavy atom. The zero-order valence-electron chi connectivity index (χ0n) is 21.8. The lowest BCUT2D eigenvalue weighted by molar-refractivity contribution is 1.08. The average Bonchev–Trinajstić information content (AvgIpc) is 3.05. The van der Waals surface area contributed by atoms with Gasteiger partial charge in [0.05, 0.1) is 0 Å². The van der Waals surface area contributed by atoms with Crippen LogP contribution in [0.1, 0.15) is 0 Å². The fourth-order valence-electron chi connectivity index (χ4n) is 5.11. The first-order chi connectivity index (χ1) is 19.8. The van der Waals surface area contributed by atoms with E-state index < -0.39 is 0 Å². The van der Waals surface area contributed by atoms with Crippen LogP contribution in [-0.4, -0.2) is 15.0 Å². The predicted octanol–water partition coefficient (Wildman–Crippen LogP) is 9.36. The summed E-state index contributed by atoms with van der Waals surface area (Å²) >= 11 is 0. The summed E-state index contributed by atoms with van der Waals surface area (Å²) in [6, 6.07) is 52.2. The minimum Gasteiger partial charge on any atom is -0.208 e. The Morgan fingerprint density at radius 2 is 0.725 bits per heavy atom. The highest BCUT2D eigenvalue weighted by Crippen LogP contribution is 2.32. The molecule has 0 radical (unpaired) electrons. The van der Waals surface area contributed by atoms with Crippen molar-refractivity contribution in [2.75, 3.05) is 0 Å². The van der Waals surface area contributed by atoms with Crippen molar-refractivity contribution in [3.05, 3.63) is 152 Å². The lowest BCUT2D eigenvalue weighted by Crippen LogP contribution is -2.01. The Labute approximate surface area is 233 Å². The first-order valence-electron chi connectivity index (χ1n) is 13.4. The first kappa shape index (κ1) is 23.7. The van der Waals surface area contributed by atoms with Crippen molar-refractivity contribution in [2.24, 2.45) is 0 Å². The molecule has 0 atom stereocenters. The Kier molecular flexibility index (Phi) is 6.15. The molecule has 0 aliphatic rings. The standard InChI is InChI=1S/C37H25N3/c1-3-12-26(13-4-1)29-18-9-20-31(24-29)35-38-36(32-21-10-19-30(25-32)27-14-5-2-6-15-27)40-37(39-35)34-23-11-17-28-16-7-8-22-33(28)34/h1-25H. The van der Waals surface area contributed by atoms with Crippen molar-refractivity contribution in [3.8, 4) is 56.4 Å². The summed E-state index contributed by atoms with van der Waals surface area (Å²) in [5.41, 5.74) is 7.44. The SMILES string of the molecule is c1ccc(-c2cccc(-c3nc(-c4cccc(-c5ccccc5)c4)nc(-c4cccc5ccccc45)n3)c2)cc1. The molecule has 0 aliphatic carbocycles. The van der Waals surface area contributed by atoms with Crippen LogP contribution in [0.4, 0.5) is 0 Å². The van der Waals surface area contributed by atoms with Gasteiger partial charge in [0, 0.05) is 16.7 Å². The van der Waals surface area contributed by atoms with E-state index in [-0.39, 0.29) is 0 Å². The molecule has 0 unspecified atom stereocenters. The van der Waals surface area contributed by atoms with Crippen LogP contribution in [0.3, 0.4) is 0 Å². The van der Waals surface area contributed by atoms with Gasteiger partial charge in [-0.05, 0) is 45.2 Å². The largest absolute Gasteiger partial charge is 0.208 e. The number of benzene rings is 6. The van der Waals surface area contributed by atoms with Crippen LogP contribution in [0.5, 0.6) is 0 Å². The highest BCUT2D eigenvalue weighted by Gasteiger charge is 2.15. The van der Waals surface area contributed by atoms with Gasteiger partial charge < -0.3 is 0 Å². The summed E-state index contributed by atoms with van der Waals surface area (Å²) in [6.45, 7) is 0. The summed E-state index contributed by atoms with van der Waals surface area (Å²) < 4.78 is 0. The molecule has 0 saturated heterocycles. The smallest absolute Gasteiger partial charge is 0.164 e. The van der Waals surface area contributed by atoms with Gasteiger partial charge in [-0.3, -0.25) is 0 Å². The van der Waals surface area contributed by atoms with E-state index in [1.54, 1.807) is 0 Å². The van der Waals surface area contributed by atoms with E-state index in [0.29, 0.717) is 17.5 Å². The normalized spacial score (nSPS) is 11.0. The fraction of sp³-hybridized carbons (Fsp3) is 0.